The summed E-state index contributed by atoms with van der Waals surface area (Å²) >= 11 is 0. The molecule has 0 atom stereocenters. The Morgan fingerprint density at radius 1 is 1.12 bits per heavy atom. The number of carbonyl (C=O) groups excluding carboxylic acids is 1. The summed E-state index contributed by atoms with van der Waals surface area (Å²) in [5.74, 6) is 1.37. The maximum Gasteiger partial charge on any atom is 0.252 e. The molecule has 2 aromatic rings. The Labute approximate surface area is 154 Å². The van der Waals surface area contributed by atoms with Crippen LogP contribution in [0.15, 0.2) is 42.7 Å². The summed E-state index contributed by atoms with van der Waals surface area (Å²) in [5, 5.41) is 3.12. The molecule has 26 heavy (non-hydrogen) atoms. The molecule has 0 radical (unpaired) electrons. The van der Waals surface area contributed by atoms with Gasteiger partial charge in [-0.05, 0) is 42.7 Å². The van der Waals surface area contributed by atoms with E-state index in [2.05, 4.69) is 22.4 Å². The Hall–Kier alpha value is -2.56. The van der Waals surface area contributed by atoms with Crippen molar-refractivity contribution >= 4 is 5.91 Å². The maximum absolute atomic E-state index is 12.5. The molecule has 5 nitrogen and oxygen atoms in total. The number of hydrogen-bond donors (Lipinski definition) is 1. The van der Waals surface area contributed by atoms with Crippen molar-refractivity contribution in [2.24, 2.45) is 0 Å². The van der Waals surface area contributed by atoms with Crippen LogP contribution in [-0.2, 0) is 5.41 Å². The first-order valence-corrected chi connectivity index (χ1v) is 9.09. The van der Waals surface area contributed by atoms with E-state index in [-0.39, 0.29) is 11.3 Å². The number of hydrogen-bond acceptors (Lipinski definition) is 4. The zero-order valence-electron chi connectivity index (χ0n) is 15.5. The molecule has 1 amide bonds. The van der Waals surface area contributed by atoms with Gasteiger partial charge in [0.05, 0.1) is 19.8 Å². The molecule has 5 heteroatoms. The zero-order valence-corrected chi connectivity index (χ0v) is 15.5. The minimum Gasteiger partial charge on any atom is -0.493 e. The van der Waals surface area contributed by atoms with E-state index in [9.17, 15) is 4.79 Å². The van der Waals surface area contributed by atoms with Crippen LogP contribution in [0.4, 0.5) is 0 Å². The first-order valence-electron chi connectivity index (χ1n) is 9.09. The number of amides is 1. The van der Waals surface area contributed by atoms with Crippen molar-refractivity contribution in [3.8, 4) is 11.5 Å². The van der Waals surface area contributed by atoms with Gasteiger partial charge < -0.3 is 14.8 Å². The SMILES string of the molecule is COc1ccc(C2(CNC(=O)c3cccnc3)CCCCC2)cc1OC. The van der Waals surface area contributed by atoms with Crippen molar-refractivity contribution in [3.05, 3.63) is 53.9 Å². The number of ether oxygens (including phenoxy) is 2. The van der Waals surface area contributed by atoms with E-state index in [0.29, 0.717) is 12.1 Å². The molecule has 0 unspecified atom stereocenters. The summed E-state index contributed by atoms with van der Waals surface area (Å²) in [7, 11) is 3.29. The minimum atomic E-state index is -0.0801. The Bertz CT molecular complexity index is 740. The molecular weight excluding hydrogens is 328 g/mol. The highest BCUT2D eigenvalue weighted by atomic mass is 16.5. The molecule has 1 fully saturated rings. The van der Waals surface area contributed by atoms with E-state index in [0.717, 1.165) is 37.2 Å². The van der Waals surface area contributed by atoms with E-state index < -0.39 is 0 Å². The van der Waals surface area contributed by atoms with Crippen LogP contribution >= 0.6 is 0 Å². The second kappa shape index (κ2) is 8.21. The van der Waals surface area contributed by atoms with Gasteiger partial charge in [-0.25, -0.2) is 0 Å². The lowest BCUT2D eigenvalue weighted by atomic mass is 9.69. The topological polar surface area (TPSA) is 60.5 Å². The van der Waals surface area contributed by atoms with E-state index in [1.807, 2.05) is 6.07 Å². The summed E-state index contributed by atoms with van der Waals surface area (Å²) in [6, 6.07) is 9.67. The predicted octanol–water partition coefficient (Wildman–Crippen LogP) is 3.73. The summed E-state index contributed by atoms with van der Waals surface area (Å²) in [6.07, 6.45) is 8.94. The minimum absolute atomic E-state index is 0.0737. The van der Waals surface area contributed by atoms with Gasteiger partial charge in [-0.15, -0.1) is 0 Å². The summed E-state index contributed by atoms with van der Waals surface area (Å²) < 4.78 is 10.9. The molecule has 0 bridgehead atoms. The summed E-state index contributed by atoms with van der Waals surface area (Å²) in [4.78, 5) is 16.5. The van der Waals surface area contributed by atoms with E-state index in [1.165, 1.54) is 12.0 Å². The van der Waals surface area contributed by atoms with Gasteiger partial charge in [0.2, 0.25) is 0 Å². The lowest BCUT2D eigenvalue weighted by molar-refractivity contribution is 0.0936. The fraction of sp³-hybridized carbons (Fsp3) is 0.429. The Morgan fingerprint density at radius 2 is 1.88 bits per heavy atom. The molecule has 0 saturated heterocycles. The first kappa shape index (κ1) is 18.2. The molecule has 1 saturated carbocycles. The number of methoxy groups -OCH3 is 2. The molecule has 3 rings (SSSR count). The highest BCUT2D eigenvalue weighted by molar-refractivity contribution is 5.93. The standard InChI is InChI=1S/C21H26N2O3/c1-25-18-9-8-17(13-19(18)26-2)21(10-4-3-5-11-21)15-23-20(24)16-7-6-12-22-14-16/h6-9,12-14H,3-5,10-11,15H2,1-2H3,(H,23,24). The average molecular weight is 354 g/mol. The van der Waals surface area contributed by atoms with Crippen molar-refractivity contribution in [1.29, 1.82) is 0 Å². The quantitative estimate of drug-likeness (QED) is 0.859. The van der Waals surface area contributed by atoms with Gasteiger partial charge in [-0.1, -0.05) is 25.3 Å². The van der Waals surface area contributed by atoms with Crippen LogP contribution in [0, 0.1) is 0 Å². The molecule has 1 aromatic carbocycles. The fourth-order valence-electron chi connectivity index (χ4n) is 3.81. The van der Waals surface area contributed by atoms with Gasteiger partial charge in [0.25, 0.3) is 5.91 Å². The molecule has 1 N–H and O–H groups in total. The lowest BCUT2D eigenvalue weighted by Crippen LogP contribution is -2.42. The number of nitrogens with zero attached hydrogens (tertiary/aromatic N) is 1. The largest absolute Gasteiger partial charge is 0.493 e. The number of nitrogens with one attached hydrogen (secondary N) is 1. The van der Waals surface area contributed by atoms with Crippen molar-refractivity contribution < 1.29 is 14.3 Å². The molecule has 1 heterocycles. The third-order valence-corrected chi connectivity index (χ3v) is 5.32. The average Bonchev–Trinajstić information content (AvgIpc) is 2.72. The molecule has 0 spiro atoms. The smallest absolute Gasteiger partial charge is 0.252 e. The van der Waals surface area contributed by atoms with Crippen molar-refractivity contribution in [2.45, 2.75) is 37.5 Å². The van der Waals surface area contributed by atoms with Crippen LogP contribution < -0.4 is 14.8 Å². The highest BCUT2D eigenvalue weighted by Gasteiger charge is 2.35. The van der Waals surface area contributed by atoms with Crippen LogP contribution in [0.25, 0.3) is 0 Å². The van der Waals surface area contributed by atoms with Crippen LogP contribution in [0.3, 0.4) is 0 Å². The van der Waals surface area contributed by atoms with Gasteiger partial charge in [0.1, 0.15) is 0 Å². The Balaban J connectivity index is 1.84. The van der Waals surface area contributed by atoms with E-state index >= 15 is 0 Å². The fourth-order valence-corrected chi connectivity index (χ4v) is 3.81. The molecule has 1 aliphatic rings. The monoisotopic (exact) mass is 354 g/mol. The second-order valence-corrected chi connectivity index (χ2v) is 6.84. The maximum atomic E-state index is 12.5. The number of benzene rings is 1. The van der Waals surface area contributed by atoms with Crippen molar-refractivity contribution in [3.63, 3.8) is 0 Å². The molecule has 1 aliphatic carbocycles. The van der Waals surface area contributed by atoms with Gasteiger partial charge in [-0.3, -0.25) is 9.78 Å². The first-order chi connectivity index (χ1) is 12.7. The van der Waals surface area contributed by atoms with Gasteiger partial charge in [-0.2, -0.15) is 0 Å². The molecule has 0 aliphatic heterocycles. The van der Waals surface area contributed by atoms with Crippen LogP contribution in [0.2, 0.25) is 0 Å². The van der Waals surface area contributed by atoms with Gasteiger partial charge >= 0.3 is 0 Å². The lowest BCUT2D eigenvalue weighted by Gasteiger charge is -2.38. The number of pyridine rings is 1. The Morgan fingerprint density at radius 3 is 2.54 bits per heavy atom. The normalized spacial score (nSPS) is 15.9. The van der Waals surface area contributed by atoms with Crippen molar-refractivity contribution in [1.82, 2.24) is 10.3 Å². The van der Waals surface area contributed by atoms with E-state index in [4.69, 9.17) is 9.47 Å². The van der Waals surface area contributed by atoms with Crippen molar-refractivity contribution in [2.75, 3.05) is 20.8 Å². The predicted molar refractivity (Wildman–Crippen MR) is 101 cm³/mol. The molecular formula is C21H26N2O3. The zero-order chi connectivity index (χ0) is 18.4. The van der Waals surface area contributed by atoms with Crippen LogP contribution in [-0.4, -0.2) is 31.7 Å². The summed E-state index contributed by atoms with van der Waals surface area (Å²) in [6.45, 7) is 0.607. The van der Waals surface area contributed by atoms with E-state index in [1.54, 1.807) is 38.7 Å². The van der Waals surface area contributed by atoms with Gasteiger partial charge in [0, 0.05) is 24.4 Å². The number of aromatic nitrogens is 1. The molecule has 138 valence electrons. The number of rotatable bonds is 6. The Kier molecular flexibility index (Phi) is 5.76. The highest BCUT2D eigenvalue weighted by Crippen LogP contribution is 2.42. The molecule has 1 aromatic heterocycles. The third-order valence-electron chi connectivity index (χ3n) is 5.32. The second-order valence-electron chi connectivity index (χ2n) is 6.84. The van der Waals surface area contributed by atoms with Crippen LogP contribution in [0.5, 0.6) is 11.5 Å². The van der Waals surface area contributed by atoms with Gasteiger partial charge in [0.15, 0.2) is 11.5 Å². The summed E-state index contributed by atoms with van der Waals surface area (Å²) in [5.41, 5.74) is 1.71. The third kappa shape index (κ3) is 3.82. The van der Waals surface area contributed by atoms with Crippen LogP contribution in [0.1, 0.15) is 48.0 Å². The number of carbonyl (C=O) groups is 1.